The number of hydrogen-bond donors (Lipinski definition) is 2. The van der Waals surface area contributed by atoms with Crippen LogP contribution in [0.25, 0.3) is 0 Å². The van der Waals surface area contributed by atoms with Gasteiger partial charge in [0.15, 0.2) is 0 Å². The van der Waals surface area contributed by atoms with Crippen molar-refractivity contribution < 1.29 is 14.6 Å². The first-order chi connectivity index (χ1) is 7.75. The van der Waals surface area contributed by atoms with Crippen molar-refractivity contribution in [2.24, 2.45) is 0 Å². The highest BCUT2D eigenvalue weighted by atomic mass is 16.5. The molecule has 0 unspecified atom stereocenters. The van der Waals surface area contributed by atoms with E-state index in [0.717, 1.165) is 31.7 Å². The Morgan fingerprint density at radius 2 is 1.88 bits per heavy atom. The highest BCUT2D eigenvalue weighted by Gasteiger charge is 2.14. The summed E-state index contributed by atoms with van der Waals surface area (Å²) in [5.41, 5.74) is 0.290. The van der Waals surface area contributed by atoms with E-state index in [1.807, 2.05) is 0 Å². The lowest BCUT2D eigenvalue weighted by molar-refractivity contribution is 0.0697. The highest BCUT2D eigenvalue weighted by molar-refractivity contribution is 5.87. The molecule has 0 saturated carbocycles. The van der Waals surface area contributed by atoms with Gasteiger partial charge in [0.2, 0.25) is 0 Å². The Hall–Kier alpha value is -1.55. The topological polar surface area (TPSA) is 58.6 Å². The molecule has 4 heteroatoms. The molecular weight excluding hydrogens is 206 g/mol. The number of piperidine rings is 1. The third-order valence-electron chi connectivity index (χ3n) is 2.69. The summed E-state index contributed by atoms with van der Waals surface area (Å²) in [7, 11) is 0. The summed E-state index contributed by atoms with van der Waals surface area (Å²) in [5.74, 6) is -0.162. The van der Waals surface area contributed by atoms with Gasteiger partial charge in [0.1, 0.15) is 11.9 Å². The normalized spacial score (nSPS) is 17.0. The van der Waals surface area contributed by atoms with Crippen LogP contribution in [0, 0.1) is 0 Å². The number of hydrogen-bond acceptors (Lipinski definition) is 3. The van der Waals surface area contributed by atoms with Crippen molar-refractivity contribution in [3.8, 4) is 5.75 Å². The van der Waals surface area contributed by atoms with E-state index in [2.05, 4.69) is 5.32 Å². The van der Waals surface area contributed by atoms with Crippen molar-refractivity contribution in [1.29, 1.82) is 0 Å². The molecule has 1 aliphatic rings. The van der Waals surface area contributed by atoms with Crippen molar-refractivity contribution in [2.45, 2.75) is 18.9 Å². The van der Waals surface area contributed by atoms with Gasteiger partial charge < -0.3 is 15.2 Å². The molecule has 1 aromatic rings. The van der Waals surface area contributed by atoms with E-state index in [-0.39, 0.29) is 11.7 Å². The fourth-order valence-corrected chi connectivity index (χ4v) is 1.78. The van der Waals surface area contributed by atoms with Crippen LogP contribution < -0.4 is 10.1 Å². The molecule has 1 heterocycles. The maximum atomic E-state index is 10.7. The van der Waals surface area contributed by atoms with E-state index in [1.54, 1.807) is 24.3 Å². The third kappa shape index (κ3) is 2.73. The molecule has 4 nitrogen and oxygen atoms in total. The number of rotatable bonds is 3. The number of ether oxygens (including phenoxy) is 1. The molecule has 0 radical (unpaired) electrons. The summed E-state index contributed by atoms with van der Waals surface area (Å²) < 4.78 is 5.76. The Morgan fingerprint density at radius 3 is 2.44 bits per heavy atom. The highest BCUT2D eigenvalue weighted by Crippen LogP contribution is 2.17. The van der Waals surface area contributed by atoms with Gasteiger partial charge in [-0.2, -0.15) is 0 Å². The lowest BCUT2D eigenvalue weighted by Gasteiger charge is -2.23. The zero-order chi connectivity index (χ0) is 11.4. The molecule has 86 valence electrons. The van der Waals surface area contributed by atoms with Crippen LogP contribution in [0.3, 0.4) is 0 Å². The lowest BCUT2D eigenvalue weighted by atomic mass is 10.1. The largest absolute Gasteiger partial charge is 0.490 e. The van der Waals surface area contributed by atoms with E-state index in [9.17, 15) is 4.79 Å². The molecule has 2 rings (SSSR count). The molecule has 0 spiro atoms. The molecule has 0 amide bonds. The first kappa shape index (κ1) is 11.0. The molecule has 0 aliphatic carbocycles. The smallest absolute Gasteiger partial charge is 0.335 e. The van der Waals surface area contributed by atoms with E-state index in [4.69, 9.17) is 9.84 Å². The summed E-state index contributed by atoms with van der Waals surface area (Å²) in [6, 6.07) is 6.56. The number of nitrogens with one attached hydrogen (secondary N) is 1. The first-order valence-electron chi connectivity index (χ1n) is 5.46. The van der Waals surface area contributed by atoms with E-state index < -0.39 is 5.97 Å². The SMILES string of the molecule is O=C(O)c1ccc(OC2CCNCC2)cc1. The van der Waals surface area contributed by atoms with Gasteiger partial charge in [-0.05, 0) is 50.2 Å². The van der Waals surface area contributed by atoms with E-state index in [0.29, 0.717) is 0 Å². The van der Waals surface area contributed by atoms with Crippen LogP contribution in [0.5, 0.6) is 5.75 Å². The Kier molecular flexibility index (Phi) is 3.41. The summed E-state index contributed by atoms with van der Waals surface area (Å²) in [6.07, 6.45) is 2.25. The van der Waals surface area contributed by atoms with Gasteiger partial charge in [0.25, 0.3) is 0 Å². The van der Waals surface area contributed by atoms with Crippen molar-refractivity contribution in [3.05, 3.63) is 29.8 Å². The summed E-state index contributed by atoms with van der Waals surface area (Å²) in [6.45, 7) is 1.97. The molecule has 2 N–H and O–H groups in total. The van der Waals surface area contributed by atoms with Gasteiger partial charge in [-0.25, -0.2) is 4.79 Å². The van der Waals surface area contributed by atoms with Crippen LogP contribution in [-0.2, 0) is 0 Å². The lowest BCUT2D eigenvalue weighted by Crippen LogP contribution is -2.34. The van der Waals surface area contributed by atoms with Gasteiger partial charge in [-0.15, -0.1) is 0 Å². The minimum Gasteiger partial charge on any atom is -0.490 e. The second-order valence-corrected chi connectivity index (χ2v) is 3.90. The quantitative estimate of drug-likeness (QED) is 0.812. The summed E-state index contributed by atoms with van der Waals surface area (Å²) in [4.78, 5) is 10.7. The number of carboxylic acids is 1. The predicted octanol–water partition coefficient (Wildman–Crippen LogP) is 1.52. The standard InChI is InChI=1S/C12H15NO3/c14-12(15)9-1-3-10(4-2-9)16-11-5-7-13-8-6-11/h1-4,11,13H,5-8H2,(H,14,15). The fraction of sp³-hybridized carbons (Fsp3) is 0.417. The van der Waals surface area contributed by atoms with Gasteiger partial charge in [0.05, 0.1) is 5.56 Å². The van der Waals surface area contributed by atoms with Crippen molar-refractivity contribution in [3.63, 3.8) is 0 Å². The second kappa shape index (κ2) is 4.99. The molecule has 1 aromatic carbocycles. The molecule has 0 bridgehead atoms. The van der Waals surface area contributed by atoms with Gasteiger partial charge >= 0.3 is 5.97 Å². The number of carbonyl (C=O) groups is 1. The second-order valence-electron chi connectivity index (χ2n) is 3.90. The Morgan fingerprint density at radius 1 is 1.25 bits per heavy atom. The molecule has 1 fully saturated rings. The van der Waals surface area contributed by atoms with E-state index >= 15 is 0 Å². The molecular formula is C12H15NO3. The monoisotopic (exact) mass is 221 g/mol. The van der Waals surface area contributed by atoms with Crippen molar-refractivity contribution >= 4 is 5.97 Å². The summed E-state index contributed by atoms with van der Waals surface area (Å²) >= 11 is 0. The number of benzene rings is 1. The van der Waals surface area contributed by atoms with Crippen LogP contribution in [-0.4, -0.2) is 30.3 Å². The first-order valence-corrected chi connectivity index (χ1v) is 5.46. The van der Waals surface area contributed by atoms with Crippen LogP contribution in [0.15, 0.2) is 24.3 Å². The van der Waals surface area contributed by atoms with E-state index in [1.165, 1.54) is 0 Å². The average Bonchev–Trinajstić information content (AvgIpc) is 2.31. The molecule has 0 atom stereocenters. The molecule has 1 saturated heterocycles. The minimum atomic E-state index is -0.909. The Balaban J connectivity index is 1.96. The van der Waals surface area contributed by atoms with Crippen LogP contribution >= 0.6 is 0 Å². The predicted molar refractivity (Wildman–Crippen MR) is 59.9 cm³/mol. The van der Waals surface area contributed by atoms with Crippen molar-refractivity contribution in [1.82, 2.24) is 5.32 Å². The fourth-order valence-electron chi connectivity index (χ4n) is 1.78. The van der Waals surface area contributed by atoms with Crippen LogP contribution in [0.4, 0.5) is 0 Å². The van der Waals surface area contributed by atoms with Gasteiger partial charge in [-0.3, -0.25) is 0 Å². The van der Waals surface area contributed by atoms with Crippen LogP contribution in [0.1, 0.15) is 23.2 Å². The number of aromatic carboxylic acids is 1. The van der Waals surface area contributed by atoms with Gasteiger partial charge in [-0.1, -0.05) is 0 Å². The minimum absolute atomic E-state index is 0.247. The Bertz CT molecular complexity index is 355. The molecule has 0 aromatic heterocycles. The third-order valence-corrected chi connectivity index (χ3v) is 2.69. The average molecular weight is 221 g/mol. The molecule has 1 aliphatic heterocycles. The van der Waals surface area contributed by atoms with Crippen LogP contribution in [0.2, 0.25) is 0 Å². The maximum Gasteiger partial charge on any atom is 0.335 e. The number of carboxylic acid groups (broad SMARTS) is 1. The summed E-state index contributed by atoms with van der Waals surface area (Å²) in [5, 5.41) is 12.0. The van der Waals surface area contributed by atoms with Gasteiger partial charge in [0, 0.05) is 0 Å². The zero-order valence-corrected chi connectivity index (χ0v) is 8.98. The van der Waals surface area contributed by atoms with Crippen molar-refractivity contribution in [2.75, 3.05) is 13.1 Å². The zero-order valence-electron chi connectivity index (χ0n) is 8.98. The molecule has 16 heavy (non-hydrogen) atoms. The Labute approximate surface area is 94.2 Å². The maximum absolute atomic E-state index is 10.7.